The molecule has 1 atom stereocenters. The van der Waals surface area contributed by atoms with E-state index in [1.165, 1.54) is 0 Å². The first kappa shape index (κ1) is 15.2. The quantitative estimate of drug-likeness (QED) is 0.645. The molecule has 0 saturated carbocycles. The molecule has 4 N–H and O–H groups in total. The molecule has 2 amide bonds. The molecule has 1 aromatic carbocycles. The third-order valence-electron chi connectivity index (χ3n) is 2.76. The van der Waals surface area contributed by atoms with Crippen LogP contribution in [0.1, 0.15) is 31.2 Å². The fourth-order valence-electron chi connectivity index (χ4n) is 1.64. The maximum absolute atomic E-state index is 11.5. The second kappa shape index (κ2) is 8.26. The van der Waals surface area contributed by atoms with Crippen molar-refractivity contribution in [1.82, 2.24) is 5.32 Å². The zero-order valence-electron chi connectivity index (χ0n) is 10.8. The second-order valence-corrected chi connectivity index (χ2v) is 4.46. The summed E-state index contributed by atoms with van der Waals surface area (Å²) in [6.45, 7) is 0.483. The number of rotatable bonds is 8. The lowest BCUT2D eigenvalue weighted by Crippen LogP contribution is -2.24. The Balaban J connectivity index is 2.16. The third kappa shape index (κ3) is 7.21. The van der Waals surface area contributed by atoms with Gasteiger partial charge in [-0.25, -0.2) is 0 Å². The first-order valence-corrected chi connectivity index (χ1v) is 6.35. The van der Waals surface area contributed by atoms with Crippen molar-refractivity contribution in [3.63, 3.8) is 0 Å². The van der Waals surface area contributed by atoms with Crippen LogP contribution in [0.15, 0.2) is 30.3 Å². The van der Waals surface area contributed by atoms with Crippen molar-refractivity contribution in [3.05, 3.63) is 35.9 Å². The first-order valence-electron chi connectivity index (χ1n) is 6.35. The van der Waals surface area contributed by atoms with Crippen LogP contribution in [0.5, 0.6) is 0 Å². The molecule has 1 rings (SSSR count). The van der Waals surface area contributed by atoms with E-state index in [1.807, 2.05) is 30.3 Å². The Labute approximate surface area is 112 Å². The van der Waals surface area contributed by atoms with Crippen LogP contribution < -0.4 is 11.1 Å². The van der Waals surface area contributed by atoms with Crippen LogP contribution in [-0.4, -0.2) is 23.0 Å². The molecule has 5 nitrogen and oxygen atoms in total. The highest BCUT2D eigenvalue weighted by Gasteiger charge is 2.09. The van der Waals surface area contributed by atoms with E-state index in [9.17, 15) is 14.7 Å². The molecule has 0 bridgehead atoms. The normalized spacial score (nSPS) is 11.8. The van der Waals surface area contributed by atoms with Gasteiger partial charge < -0.3 is 16.2 Å². The van der Waals surface area contributed by atoms with Crippen molar-refractivity contribution >= 4 is 11.8 Å². The van der Waals surface area contributed by atoms with Gasteiger partial charge >= 0.3 is 0 Å². The Hall–Kier alpha value is -1.88. The molecule has 104 valence electrons. The van der Waals surface area contributed by atoms with E-state index < -0.39 is 12.0 Å². The minimum Gasteiger partial charge on any atom is -0.393 e. The van der Waals surface area contributed by atoms with Crippen molar-refractivity contribution in [2.45, 2.75) is 38.3 Å². The van der Waals surface area contributed by atoms with Crippen molar-refractivity contribution in [1.29, 1.82) is 0 Å². The SMILES string of the molecule is NC(=O)CCC(O)CCC(=O)NCc1ccccc1. The van der Waals surface area contributed by atoms with Crippen molar-refractivity contribution in [2.75, 3.05) is 0 Å². The minimum atomic E-state index is -0.657. The summed E-state index contributed by atoms with van der Waals surface area (Å²) in [5.74, 6) is -0.547. The van der Waals surface area contributed by atoms with Crippen LogP contribution in [0.3, 0.4) is 0 Å². The molecule has 5 heteroatoms. The summed E-state index contributed by atoms with van der Waals surface area (Å²) in [6.07, 6.45) is 0.379. The van der Waals surface area contributed by atoms with Crippen LogP contribution in [-0.2, 0) is 16.1 Å². The monoisotopic (exact) mass is 264 g/mol. The van der Waals surface area contributed by atoms with E-state index in [4.69, 9.17) is 5.73 Å². The average Bonchev–Trinajstić information content (AvgIpc) is 2.41. The number of hydrogen-bond acceptors (Lipinski definition) is 3. The Morgan fingerprint density at radius 1 is 1.16 bits per heavy atom. The molecule has 1 unspecified atom stereocenters. The van der Waals surface area contributed by atoms with Gasteiger partial charge in [-0.3, -0.25) is 9.59 Å². The number of amides is 2. The summed E-state index contributed by atoms with van der Waals surface area (Å²) < 4.78 is 0. The number of aliphatic hydroxyl groups excluding tert-OH is 1. The molecule has 0 aromatic heterocycles. The number of primary amides is 1. The van der Waals surface area contributed by atoms with Gasteiger partial charge in [-0.15, -0.1) is 0 Å². The summed E-state index contributed by atoms with van der Waals surface area (Å²) in [4.78, 5) is 22.1. The number of carbonyl (C=O) groups excluding carboxylic acids is 2. The van der Waals surface area contributed by atoms with Gasteiger partial charge in [0, 0.05) is 19.4 Å². The second-order valence-electron chi connectivity index (χ2n) is 4.46. The number of carbonyl (C=O) groups is 2. The fourth-order valence-corrected chi connectivity index (χ4v) is 1.64. The summed E-state index contributed by atoms with van der Waals surface area (Å²) in [7, 11) is 0. The van der Waals surface area contributed by atoms with Crippen molar-refractivity contribution in [3.8, 4) is 0 Å². The molecule has 0 fully saturated rings. The van der Waals surface area contributed by atoms with Crippen LogP contribution >= 0.6 is 0 Å². The molecule has 0 spiro atoms. The Bertz CT molecular complexity index is 406. The highest BCUT2D eigenvalue weighted by Crippen LogP contribution is 2.05. The molecule has 19 heavy (non-hydrogen) atoms. The van der Waals surface area contributed by atoms with Gasteiger partial charge in [-0.05, 0) is 18.4 Å². The highest BCUT2D eigenvalue weighted by molar-refractivity contribution is 5.76. The van der Waals surface area contributed by atoms with Gasteiger partial charge in [0.15, 0.2) is 0 Å². The Morgan fingerprint density at radius 3 is 2.42 bits per heavy atom. The van der Waals surface area contributed by atoms with Gasteiger partial charge in [-0.2, -0.15) is 0 Å². The van der Waals surface area contributed by atoms with Gasteiger partial charge in [0.2, 0.25) is 11.8 Å². The molecular formula is C14H20N2O3. The molecule has 1 aromatic rings. The maximum atomic E-state index is 11.5. The topological polar surface area (TPSA) is 92.4 Å². The summed E-state index contributed by atoms with van der Waals surface area (Å²) in [6, 6.07) is 9.61. The predicted molar refractivity (Wildman–Crippen MR) is 72.0 cm³/mol. The lowest BCUT2D eigenvalue weighted by atomic mass is 10.1. The third-order valence-corrected chi connectivity index (χ3v) is 2.76. The van der Waals surface area contributed by atoms with Crippen LogP contribution in [0.4, 0.5) is 0 Å². The maximum Gasteiger partial charge on any atom is 0.220 e. The summed E-state index contributed by atoms with van der Waals surface area (Å²) in [5, 5.41) is 12.3. The van der Waals surface area contributed by atoms with Crippen LogP contribution in [0, 0.1) is 0 Å². The van der Waals surface area contributed by atoms with E-state index in [-0.39, 0.29) is 18.7 Å². The van der Waals surface area contributed by atoms with E-state index >= 15 is 0 Å². The lowest BCUT2D eigenvalue weighted by Gasteiger charge is -2.09. The molecular weight excluding hydrogens is 244 g/mol. The van der Waals surface area contributed by atoms with Crippen LogP contribution in [0.2, 0.25) is 0 Å². The fraction of sp³-hybridized carbons (Fsp3) is 0.429. The average molecular weight is 264 g/mol. The van der Waals surface area contributed by atoms with Crippen LogP contribution in [0.25, 0.3) is 0 Å². The van der Waals surface area contributed by atoms with E-state index in [1.54, 1.807) is 0 Å². The van der Waals surface area contributed by atoms with Gasteiger partial charge in [-0.1, -0.05) is 30.3 Å². The smallest absolute Gasteiger partial charge is 0.220 e. The molecule has 0 aliphatic rings. The highest BCUT2D eigenvalue weighted by atomic mass is 16.3. The number of aliphatic hydroxyl groups is 1. The molecule has 0 aliphatic heterocycles. The van der Waals surface area contributed by atoms with E-state index in [0.29, 0.717) is 19.4 Å². The van der Waals surface area contributed by atoms with Crippen molar-refractivity contribution in [2.24, 2.45) is 5.73 Å². The molecule has 0 saturated heterocycles. The van der Waals surface area contributed by atoms with E-state index in [2.05, 4.69) is 5.32 Å². The van der Waals surface area contributed by atoms with Gasteiger partial charge in [0.25, 0.3) is 0 Å². The lowest BCUT2D eigenvalue weighted by molar-refractivity contribution is -0.121. The first-order chi connectivity index (χ1) is 9.08. The number of nitrogens with one attached hydrogen (secondary N) is 1. The minimum absolute atomic E-state index is 0.109. The Morgan fingerprint density at radius 2 is 1.79 bits per heavy atom. The summed E-state index contributed by atoms with van der Waals surface area (Å²) >= 11 is 0. The summed E-state index contributed by atoms with van der Waals surface area (Å²) in [5.41, 5.74) is 6.01. The van der Waals surface area contributed by atoms with Gasteiger partial charge in [0.05, 0.1) is 6.10 Å². The zero-order chi connectivity index (χ0) is 14.1. The predicted octanol–water partition coefficient (Wildman–Crippen LogP) is 0.709. The number of nitrogens with two attached hydrogens (primary N) is 1. The molecule has 0 radical (unpaired) electrons. The van der Waals surface area contributed by atoms with E-state index in [0.717, 1.165) is 5.56 Å². The number of hydrogen-bond donors (Lipinski definition) is 3. The zero-order valence-corrected chi connectivity index (χ0v) is 10.8. The standard InChI is InChI=1S/C14H20N2O3/c15-13(18)8-6-12(17)7-9-14(19)16-10-11-4-2-1-3-5-11/h1-5,12,17H,6-10H2,(H2,15,18)(H,16,19). The molecule has 0 heterocycles. The van der Waals surface area contributed by atoms with Gasteiger partial charge in [0.1, 0.15) is 0 Å². The van der Waals surface area contributed by atoms with Crippen molar-refractivity contribution < 1.29 is 14.7 Å². The largest absolute Gasteiger partial charge is 0.393 e. The Kier molecular flexibility index (Phi) is 6.60. The molecule has 0 aliphatic carbocycles. The number of benzene rings is 1.